The number of carbonyl (C=O) groups is 2. The van der Waals surface area contributed by atoms with Crippen molar-refractivity contribution in [1.29, 1.82) is 5.26 Å². The van der Waals surface area contributed by atoms with Crippen molar-refractivity contribution in [2.75, 3.05) is 18.4 Å². The van der Waals surface area contributed by atoms with Crippen LogP contribution in [0.1, 0.15) is 26.5 Å². The van der Waals surface area contributed by atoms with Crippen molar-refractivity contribution in [3.8, 4) is 17.4 Å². The third kappa shape index (κ3) is 4.44. The number of nitrogens with zero attached hydrogens (tertiary/aromatic N) is 1. The fourth-order valence-corrected chi connectivity index (χ4v) is 2.54. The SMILES string of the molecule is N#Cc1cccc(C(=O)Nc2ccc(-c3ccc(C(=O)NCCN)o3)cc2)c1. The Morgan fingerprint density at radius 2 is 1.82 bits per heavy atom. The van der Waals surface area contributed by atoms with E-state index in [-0.39, 0.29) is 17.6 Å². The van der Waals surface area contributed by atoms with Gasteiger partial charge in [0.1, 0.15) is 5.76 Å². The molecule has 2 amide bonds. The van der Waals surface area contributed by atoms with Gasteiger partial charge >= 0.3 is 0 Å². The number of benzene rings is 2. The number of hydrogen-bond donors (Lipinski definition) is 3. The highest BCUT2D eigenvalue weighted by atomic mass is 16.3. The third-order valence-corrected chi connectivity index (χ3v) is 3.94. The van der Waals surface area contributed by atoms with Crippen LogP contribution in [0.4, 0.5) is 5.69 Å². The van der Waals surface area contributed by atoms with Gasteiger partial charge in [-0.05, 0) is 54.6 Å². The van der Waals surface area contributed by atoms with Crippen molar-refractivity contribution in [3.63, 3.8) is 0 Å². The topological polar surface area (TPSA) is 121 Å². The van der Waals surface area contributed by atoms with E-state index in [0.29, 0.717) is 35.7 Å². The van der Waals surface area contributed by atoms with Gasteiger partial charge in [-0.15, -0.1) is 0 Å². The van der Waals surface area contributed by atoms with Gasteiger partial charge in [-0.2, -0.15) is 5.26 Å². The number of furan rings is 1. The van der Waals surface area contributed by atoms with Crippen molar-refractivity contribution in [1.82, 2.24) is 5.32 Å². The van der Waals surface area contributed by atoms with Crippen LogP contribution in [0.15, 0.2) is 65.1 Å². The molecule has 0 atom stereocenters. The van der Waals surface area contributed by atoms with E-state index in [9.17, 15) is 9.59 Å². The molecule has 0 spiro atoms. The lowest BCUT2D eigenvalue weighted by atomic mass is 10.1. The van der Waals surface area contributed by atoms with E-state index in [1.165, 1.54) is 6.07 Å². The predicted molar refractivity (Wildman–Crippen MR) is 105 cm³/mol. The molecule has 7 nitrogen and oxygen atoms in total. The van der Waals surface area contributed by atoms with E-state index in [1.54, 1.807) is 54.6 Å². The fourth-order valence-electron chi connectivity index (χ4n) is 2.54. The highest BCUT2D eigenvalue weighted by molar-refractivity contribution is 6.04. The summed E-state index contributed by atoms with van der Waals surface area (Å²) >= 11 is 0. The zero-order valence-corrected chi connectivity index (χ0v) is 14.9. The number of amides is 2. The Labute approximate surface area is 161 Å². The Bertz CT molecular complexity index is 1030. The number of nitriles is 1. The molecule has 3 aromatic rings. The van der Waals surface area contributed by atoms with E-state index in [0.717, 1.165) is 5.56 Å². The molecule has 0 bridgehead atoms. The Morgan fingerprint density at radius 3 is 2.54 bits per heavy atom. The highest BCUT2D eigenvalue weighted by Gasteiger charge is 2.12. The van der Waals surface area contributed by atoms with Crippen LogP contribution >= 0.6 is 0 Å². The first kappa shape index (κ1) is 18.9. The molecule has 7 heteroatoms. The molecule has 1 heterocycles. The van der Waals surface area contributed by atoms with Crippen LogP contribution in [0.3, 0.4) is 0 Å². The number of anilines is 1. The molecule has 0 unspecified atom stereocenters. The smallest absolute Gasteiger partial charge is 0.287 e. The van der Waals surface area contributed by atoms with Crippen LogP contribution in [0.5, 0.6) is 0 Å². The second kappa shape index (κ2) is 8.66. The van der Waals surface area contributed by atoms with Crippen molar-refractivity contribution in [3.05, 3.63) is 77.6 Å². The minimum atomic E-state index is -0.319. The average molecular weight is 374 g/mol. The van der Waals surface area contributed by atoms with Crippen molar-refractivity contribution < 1.29 is 14.0 Å². The Hall–Kier alpha value is -3.89. The van der Waals surface area contributed by atoms with Gasteiger partial charge in [0.05, 0.1) is 11.6 Å². The molecule has 3 rings (SSSR count). The first-order valence-corrected chi connectivity index (χ1v) is 8.61. The summed E-state index contributed by atoms with van der Waals surface area (Å²) in [5.74, 6) is 0.123. The van der Waals surface area contributed by atoms with E-state index in [2.05, 4.69) is 10.6 Å². The molecule has 0 saturated heterocycles. The summed E-state index contributed by atoms with van der Waals surface area (Å²) in [7, 11) is 0. The Kier molecular flexibility index (Phi) is 5.84. The summed E-state index contributed by atoms with van der Waals surface area (Å²) in [6.07, 6.45) is 0. The molecule has 140 valence electrons. The van der Waals surface area contributed by atoms with Gasteiger partial charge in [-0.3, -0.25) is 9.59 Å². The number of hydrogen-bond acceptors (Lipinski definition) is 5. The van der Waals surface area contributed by atoms with Gasteiger partial charge in [0, 0.05) is 29.9 Å². The number of nitrogens with two attached hydrogens (primary N) is 1. The monoisotopic (exact) mass is 374 g/mol. The maximum absolute atomic E-state index is 12.3. The zero-order chi connectivity index (χ0) is 19.9. The second-order valence-corrected chi connectivity index (χ2v) is 5.93. The molecule has 0 aliphatic rings. The van der Waals surface area contributed by atoms with Crippen LogP contribution in [-0.4, -0.2) is 24.9 Å². The standard InChI is InChI=1S/C21H18N4O3/c22-10-11-24-21(27)19-9-8-18(28-19)15-4-6-17(7-5-15)25-20(26)16-3-1-2-14(12-16)13-23/h1-9,12H,10-11,22H2,(H,24,27)(H,25,26). The van der Waals surface area contributed by atoms with Crippen molar-refractivity contribution >= 4 is 17.5 Å². The zero-order valence-electron chi connectivity index (χ0n) is 14.9. The number of carbonyl (C=O) groups excluding carboxylic acids is 2. The molecule has 1 aromatic heterocycles. The minimum Gasteiger partial charge on any atom is -0.451 e. The third-order valence-electron chi connectivity index (χ3n) is 3.94. The molecule has 0 radical (unpaired) electrons. The predicted octanol–water partition coefficient (Wildman–Crippen LogP) is 2.76. The van der Waals surface area contributed by atoms with Crippen LogP contribution < -0.4 is 16.4 Å². The quantitative estimate of drug-likeness (QED) is 0.612. The average Bonchev–Trinajstić information content (AvgIpc) is 3.23. The van der Waals surface area contributed by atoms with Crippen LogP contribution in [0.2, 0.25) is 0 Å². The first-order chi connectivity index (χ1) is 13.6. The summed E-state index contributed by atoms with van der Waals surface area (Å²) < 4.78 is 5.57. The number of nitrogens with one attached hydrogen (secondary N) is 2. The second-order valence-electron chi connectivity index (χ2n) is 5.93. The van der Waals surface area contributed by atoms with E-state index in [4.69, 9.17) is 15.4 Å². The van der Waals surface area contributed by atoms with Gasteiger partial charge in [-0.1, -0.05) is 6.07 Å². The summed E-state index contributed by atoms with van der Waals surface area (Å²) in [5.41, 5.74) is 7.56. The minimum absolute atomic E-state index is 0.207. The van der Waals surface area contributed by atoms with E-state index in [1.807, 2.05) is 6.07 Å². The summed E-state index contributed by atoms with van der Waals surface area (Å²) in [6.45, 7) is 0.730. The molecule has 28 heavy (non-hydrogen) atoms. The Morgan fingerprint density at radius 1 is 1.04 bits per heavy atom. The van der Waals surface area contributed by atoms with Crippen LogP contribution in [-0.2, 0) is 0 Å². The van der Waals surface area contributed by atoms with Gasteiger partial charge in [-0.25, -0.2) is 0 Å². The largest absolute Gasteiger partial charge is 0.451 e. The van der Waals surface area contributed by atoms with Crippen molar-refractivity contribution in [2.45, 2.75) is 0 Å². The highest BCUT2D eigenvalue weighted by Crippen LogP contribution is 2.24. The van der Waals surface area contributed by atoms with E-state index < -0.39 is 0 Å². The van der Waals surface area contributed by atoms with Crippen LogP contribution in [0.25, 0.3) is 11.3 Å². The molecule has 0 saturated carbocycles. The molecular formula is C21H18N4O3. The lowest BCUT2D eigenvalue weighted by Crippen LogP contribution is -2.28. The van der Waals surface area contributed by atoms with Crippen molar-refractivity contribution in [2.24, 2.45) is 5.73 Å². The van der Waals surface area contributed by atoms with Gasteiger partial charge in [0.25, 0.3) is 11.8 Å². The van der Waals surface area contributed by atoms with Crippen LogP contribution in [0, 0.1) is 11.3 Å². The molecule has 4 N–H and O–H groups in total. The van der Waals surface area contributed by atoms with E-state index >= 15 is 0 Å². The summed E-state index contributed by atoms with van der Waals surface area (Å²) in [6, 6.07) is 18.8. The van der Waals surface area contributed by atoms with Gasteiger partial charge in [0.15, 0.2) is 5.76 Å². The van der Waals surface area contributed by atoms with Gasteiger partial charge < -0.3 is 20.8 Å². The summed E-state index contributed by atoms with van der Waals surface area (Å²) in [4.78, 5) is 24.2. The first-order valence-electron chi connectivity index (χ1n) is 8.61. The maximum atomic E-state index is 12.3. The maximum Gasteiger partial charge on any atom is 0.287 e. The Balaban J connectivity index is 1.68. The molecule has 0 fully saturated rings. The normalized spacial score (nSPS) is 10.1. The molecule has 2 aromatic carbocycles. The van der Waals surface area contributed by atoms with Gasteiger partial charge in [0.2, 0.25) is 0 Å². The lowest BCUT2D eigenvalue weighted by molar-refractivity contribution is 0.0927. The lowest BCUT2D eigenvalue weighted by Gasteiger charge is -2.06. The number of rotatable bonds is 6. The molecular weight excluding hydrogens is 356 g/mol. The summed E-state index contributed by atoms with van der Waals surface area (Å²) in [5, 5.41) is 14.4. The molecule has 0 aliphatic heterocycles. The fraction of sp³-hybridized carbons (Fsp3) is 0.0952. The molecule has 0 aliphatic carbocycles.